The molecule has 1 aliphatic heterocycles. The van der Waals surface area contributed by atoms with Crippen molar-refractivity contribution in [3.05, 3.63) is 89.2 Å². The van der Waals surface area contributed by atoms with Gasteiger partial charge in [-0.3, -0.25) is 0 Å². The van der Waals surface area contributed by atoms with Crippen LogP contribution in [0.1, 0.15) is 16.7 Å². The second-order valence-electron chi connectivity index (χ2n) is 5.54. The number of hydrogen-bond acceptors (Lipinski definition) is 2. The first-order valence-corrected chi connectivity index (χ1v) is 8.25. The predicted molar refractivity (Wildman–Crippen MR) is 93.4 cm³/mol. The highest BCUT2D eigenvalue weighted by Gasteiger charge is 2.18. The lowest BCUT2D eigenvalue weighted by molar-refractivity contribution is 0.628. The summed E-state index contributed by atoms with van der Waals surface area (Å²) in [5.74, 6) is -0.234. The molecule has 112 valence electrons. The van der Waals surface area contributed by atoms with Crippen LogP contribution in [0.2, 0.25) is 0 Å². The molecule has 1 aliphatic rings. The molecule has 1 heterocycles. The summed E-state index contributed by atoms with van der Waals surface area (Å²) in [6.07, 6.45) is 0. The van der Waals surface area contributed by atoms with E-state index in [0.717, 1.165) is 32.3 Å². The van der Waals surface area contributed by atoms with Crippen molar-refractivity contribution < 1.29 is 4.39 Å². The van der Waals surface area contributed by atoms with E-state index in [-0.39, 0.29) is 5.82 Å². The van der Waals surface area contributed by atoms with Gasteiger partial charge in [-0.2, -0.15) is 0 Å². The number of aryl methyl sites for hydroxylation is 1. The van der Waals surface area contributed by atoms with Gasteiger partial charge >= 0.3 is 0 Å². The minimum Gasteiger partial charge on any atom is -0.247 e. The van der Waals surface area contributed by atoms with Crippen molar-refractivity contribution in [1.29, 1.82) is 0 Å². The fourth-order valence-corrected chi connectivity index (χ4v) is 3.68. The third kappa shape index (κ3) is 2.68. The van der Waals surface area contributed by atoms with Gasteiger partial charge in [0, 0.05) is 20.9 Å². The van der Waals surface area contributed by atoms with Gasteiger partial charge in [0.2, 0.25) is 0 Å². The molecule has 0 bridgehead atoms. The maximum absolute atomic E-state index is 13.3. The molecule has 0 saturated carbocycles. The lowest BCUT2D eigenvalue weighted by atomic mass is 10.0. The molecule has 3 aromatic rings. The second kappa shape index (κ2) is 5.67. The zero-order chi connectivity index (χ0) is 15.8. The maximum atomic E-state index is 13.3. The van der Waals surface area contributed by atoms with Crippen molar-refractivity contribution in [2.75, 3.05) is 0 Å². The summed E-state index contributed by atoms with van der Waals surface area (Å²) in [6, 6.07) is 21.1. The van der Waals surface area contributed by atoms with Crippen molar-refractivity contribution >= 4 is 23.2 Å². The van der Waals surface area contributed by atoms with E-state index < -0.39 is 0 Å². The molecule has 0 saturated heterocycles. The monoisotopic (exact) mass is 319 g/mol. The summed E-state index contributed by atoms with van der Waals surface area (Å²) in [5, 5.41) is 0. The van der Waals surface area contributed by atoms with Crippen LogP contribution in [0.25, 0.3) is 0 Å². The topological polar surface area (TPSA) is 12.4 Å². The molecule has 0 spiro atoms. The highest BCUT2D eigenvalue weighted by molar-refractivity contribution is 7.99. The van der Waals surface area contributed by atoms with Crippen molar-refractivity contribution in [3.63, 3.8) is 0 Å². The normalized spacial score (nSPS) is 12.9. The van der Waals surface area contributed by atoms with Crippen molar-refractivity contribution in [3.8, 4) is 0 Å². The summed E-state index contributed by atoms with van der Waals surface area (Å²) in [7, 11) is 0. The van der Waals surface area contributed by atoms with Crippen LogP contribution in [0.4, 0.5) is 10.1 Å². The quantitative estimate of drug-likeness (QED) is 0.434. The lowest BCUT2D eigenvalue weighted by Gasteiger charge is -2.08. The van der Waals surface area contributed by atoms with Crippen LogP contribution < -0.4 is 0 Å². The van der Waals surface area contributed by atoms with E-state index >= 15 is 0 Å². The fourth-order valence-electron chi connectivity index (χ4n) is 2.68. The number of benzene rings is 3. The Bertz CT molecular complexity index is 913. The van der Waals surface area contributed by atoms with Crippen LogP contribution in [0.3, 0.4) is 0 Å². The smallest absolute Gasteiger partial charge is 0.123 e. The molecule has 0 aliphatic carbocycles. The molecule has 23 heavy (non-hydrogen) atoms. The SMILES string of the molecule is Cc1ccc2c(c1)N=C(c1ccc(F)cc1)c1ccccc1S2. The van der Waals surface area contributed by atoms with Crippen molar-refractivity contribution in [1.82, 2.24) is 0 Å². The average molecular weight is 319 g/mol. The Labute approximate surface area is 138 Å². The van der Waals surface area contributed by atoms with Gasteiger partial charge in [-0.1, -0.05) is 36.0 Å². The number of halogens is 1. The Morgan fingerprint density at radius 2 is 1.65 bits per heavy atom. The van der Waals surface area contributed by atoms with Gasteiger partial charge in [-0.05, 0) is 55.0 Å². The number of hydrogen-bond donors (Lipinski definition) is 0. The van der Waals surface area contributed by atoms with Crippen LogP contribution in [0, 0.1) is 12.7 Å². The van der Waals surface area contributed by atoms with E-state index in [1.807, 2.05) is 12.1 Å². The van der Waals surface area contributed by atoms with Crippen LogP contribution >= 0.6 is 11.8 Å². The van der Waals surface area contributed by atoms with Crippen LogP contribution in [-0.2, 0) is 0 Å². The number of fused-ring (bicyclic) bond motifs is 2. The minimum atomic E-state index is -0.234. The van der Waals surface area contributed by atoms with E-state index in [1.54, 1.807) is 23.9 Å². The standard InChI is InChI=1S/C20H14FNS/c1-13-6-11-19-17(12-13)22-20(14-7-9-15(21)10-8-14)16-4-2-3-5-18(16)23-19/h2-12H,1H3. The average Bonchev–Trinajstić information content (AvgIpc) is 2.72. The second-order valence-corrected chi connectivity index (χ2v) is 6.62. The third-order valence-corrected chi connectivity index (χ3v) is 4.97. The minimum absolute atomic E-state index is 0.234. The molecule has 0 atom stereocenters. The Hall–Kier alpha value is -2.39. The predicted octanol–water partition coefficient (Wildman–Crippen LogP) is 5.77. The van der Waals surface area contributed by atoms with E-state index in [9.17, 15) is 4.39 Å². The molecule has 0 N–H and O–H groups in total. The summed E-state index contributed by atoms with van der Waals surface area (Å²) in [5.41, 5.74) is 5.03. The van der Waals surface area contributed by atoms with Gasteiger partial charge in [-0.15, -0.1) is 0 Å². The van der Waals surface area contributed by atoms with Gasteiger partial charge < -0.3 is 0 Å². The first-order chi connectivity index (χ1) is 11.2. The van der Waals surface area contributed by atoms with Gasteiger partial charge in [0.05, 0.1) is 11.4 Å². The third-order valence-electron chi connectivity index (χ3n) is 3.83. The maximum Gasteiger partial charge on any atom is 0.123 e. The Balaban J connectivity index is 1.98. The summed E-state index contributed by atoms with van der Waals surface area (Å²) in [6.45, 7) is 2.07. The van der Waals surface area contributed by atoms with Gasteiger partial charge in [0.15, 0.2) is 0 Å². The molecule has 0 fully saturated rings. The molecule has 3 aromatic carbocycles. The number of rotatable bonds is 1. The van der Waals surface area contributed by atoms with Gasteiger partial charge in [0.25, 0.3) is 0 Å². The summed E-state index contributed by atoms with van der Waals surface area (Å²) in [4.78, 5) is 7.22. The van der Waals surface area contributed by atoms with E-state index in [0.29, 0.717) is 0 Å². The summed E-state index contributed by atoms with van der Waals surface area (Å²) >= 11 is 1.72. The number of nitrogens with zero attached hydrogens (tertiary/aromatic N) is 1. The zero-order valence-corrected chi connectivity index (χ0v) is 13.4. The molecule has 0 unspecified atom stereocenters. The van der Waals surface area contributed by atoms with Crippen LogP contribution in [0.5, 0.6) is 0 Å². The van der Waals surface area contributed by atoms with E-state index in [1.165, 1.54) is 17.7 Å². The molecule has 4 rings (SSSR count). The molecule has 0 radical (unpaired) electrons. The molecule has 1 nitrogen and oxygen atoms in total. The molecule has 3 heteroatoms. The van der Waals surface area contributed by atoms with Crippen molar-refractivity contribution in [2.45, 2.75) is 16.7 Å². The highest BCUT2D eigenvalue weighted by atomic mass is 32.2. The zero-order valence-electron chi connectivity index (χ0n) is 12.6. The van der Waals surface area contributed by atoms with Gasteiger partial charge in [-0.25, -0.2) is 9.38 Å². The Morgan fingerprint density at radius 1 is 0.870 bits per heavy atom. The molecule has 0 amide bonds. The van der Waals surface area contributed by atoms with Crippen molar-refractivity contribution in [2.24, 2.45) is 4.99 Å². The molecular formula is C20H14FNS. The largest absolute Gasteiger partial charge is 0.247 e. The molecular weight excluding hydrogens is 305 g/mol. The first-order valence-electron chi connectivity index (χ1n) is 7.43. The Kier molecular flexibility index (Phi) is 3.50. The van der Waals surface area contributed by atoms with Crippen LogP contribution in [0.15, 0.2) is 81.5 Å². The van der Waals surface area contributed by atoms with E-state index in [4.69, 9.17) is 4.99 Å². The molecule has 0 aromatic heterocycles. The van der Waals surface area contributed by atoms with Gasteiger partial charge in [0.1, 0.15) is 5.82 Å². The van der Waals surface area contributed by atoms with Crippen LogP contribution in [-0.4, -0.2) is 5.71 Å². The summed E-state index contributed by atoms with van der Waals surface area (Å²) < 4.78 is 13.3. The first kappa shape index (κ1) is 14.2. The van der Waals surface area contributed by atoms with E-state index in [2.05, 4.69) is 37.3 Å². The fraction of sp³-hybridized carbons (Fsp3) is 0.0500. The lowest BCUT2D eigenvalue weighted by Crippen LogP contribution is -2.03. The number of aliphatic imine (C=N–C) groups is 1. The Morgan fingerprint density at radius 3 is 2.48 bits per heavy atom. The highest BCUT2D eigenvalue weighted by Crippen LogP contribution is 2.41.